The first kappa shape index (κ1) is 73.3. The molecule has 2 aromatic rings. The minimum absolute atomic E-state index is 0. The Bertz CT molecular complexity index is 1020. The van der Waals surface area contributed by atoms with E-state index in [9.17, 15) is 0 Å². The monoisotopic (exact) mass is 1180 g/mol. The van der Waals surface area contributed by atoms with Crippen LogP contribution in [-0.4, -0.2) is 209 Å². The average Bonchev–Trinajstić information content (AvgIpc) is 4.04. The summed E-state index contributed by atoms with van der Waals surface area (Å²) in [5.74, 6) is 0. The molecule has 0 aliphatic carbocycles. The molecule has 0 spiro atoms. The first-order chi connectivity index (χ1) is 27.0. The molecule has 0 radical (unpaired) electrons. The van der Waals surface area contributed by atoms with Crippen LogP contribution in [0.4, 0.5) is 0 Å². The maximum atomic E-state index is 4.94. The first-order valence-electron chi connectivity index (χ1n) is 21.6. The van der Waals surface area contributed by atoms with Crippen LogP contribution >= 0.6 is 0 Å². The van der Waals surface area contributed by atoms with E-state index in [1.54, 1.807) is 0 Å². The summed E-state index contributed by atoms with van der Waals surface area (Å²) in [6, 6.07) is 22.6. The van der Waals surface area contributed by atoms with Gasteiger partial charge in [0.05, 0.1) is 0 Å². The van der Waals surface area contributed by atoms with Gasteiger partial charge >= 0.3 is 113 Å². The number of halogens is 2. The van der Waals surface area contributed by atoms with Gasteiger partial charge in [-0.3, -0.25) is 0 Å². The van der Waals surface area contributed by atoms with Gasteiger partial charge in [-0.25, -0.2) is 24.3 Å². The standard InChI is InChI=1S/2C12H16Si.6C4H8O.3Ca.2HI/c2*1-11(10-13(2,3)4)12-8-6-5-7-9-12;6*1-2-4-5-3-1;;;;;/h2*5-8H,1-4H3;6*1-4H2;;;;2*1H/q2*-2;;;;;;;3*+2;;/p-2. The van der Waals surface area contributed by atoms with Gasteiger partial charge in [-0.15, -0.1) is 26.0 Å². The van der Waals surface area contributed by atoms with E-state index < -0.39 is 16.1 Å². The van der Waals surface area contributed by atoms with E-state index in [4.69, 9.17) is 28.4 Å². The Morgan fingerprint density at radius 3 is 0.705 bits per heavy atom. The molecule has 6 aliphatic rings. The van der Waals surface area contributed by atoms with Crippen molar-refractivity contribution in [2.45, 2.75) is 130 Å². The van der Waals surface area contributed by atoms with Crippen molar-refractivity contribution in [1.29, 1.82) is 0 Å². The molecular formula is C48H80Ca3I2O6Si2. The third-order valence-electron chi connectivity index (χ3n) is 8.32. The van der Waals surface area contributed by atoms with Gasteiger partial charge in [0.25, 0.3) is 0 Å². The fourth-order valence-electron chi connectivity index (χ4n) is 5.57. The van der Waals surface area contributed by atoms with Crippen molar-refractivity contribution in [3.05, 3.63) is 83.2 Å². The van der Waals surface area contributed by atoms with E-state index in [0.29, 0.717) is 0 Å². The fourth-order valence-corrected chi connectivity index (χ4v) is 8.09. The Balaban J connectivity index is -0.000000201. The summed E-state index contributed by atoms with van der Waals surface area (Å²) in [7, 11) is -2.42. The molecule has 0 N–H and O–H groups in total. The van der Waals surface area contributed by atoms with Crippen LogP contribution in [0.15, 0.2) is 48.5 Å². The number of hydrogen-bond acceptors (Lipinski definition) is 6. The second-order valence-corrected chi connectivity index (χ2v) is 26.0. The van der Waals surface area contributed by atoms with Gasteiger partial charge in [-0.05, 0) is 93.2 Å². The van der Waals surface area contributed by atoms with Crippen molar-refractivity contribution < 1.29 is 76.4 Å². The van der Waals surface area contributed by atoms with E-state index >= 15 is 0 Å². The van der Waals surface area contributed by atoms with E-state index in [1.807, 2.05) is 36.4 Å². The van der Waals surface area contributed by atoms with Gasteiger partial charge in [0.15, 0.2) is 0 Å². The van der Waals surface area contributed by atoms with Crippen LogP contribution in [0.3, 0.4) is 0 Å². The number of allylic oxidation sites excluding steroid dienone is 2. The number of ether oxygens (including phenoxy) is 6. The van der Waals surface area contributed by atoms with Crippen molar-refractivity contribution in [2.24, 2.45) is 0 Å². The van der Waals surface area contributed by atoms with Crippen molar-refractivity contribution in [3.8, 4) is 0 Å². The molecule has 6 saturated heterocycles. The van der Waals surface area contributed by atoms with Crippen LogP contribution in [0, 0.1) is 23.5 Å². The van der Waals surface area contributed by atoms with Crippen molar-refractivity contribution in [3.63, 3.8) is 0 Å². The van der Waals surface area contributed by atoms with Gasteiger partial charge < -0.3 is 110 Å². The van der Waals surface area contributed by atoms with Gasteiger partial charge in [0, 0.05) is 79.3 Å². The van der Waals surface area contributed by atoms with Gasteiger partial charge in [0.2, 0.25) is 0 Å². The zero-order chi connectivity index (χ0) is 41.0. The smallest absolute Gasteiger partial charge is 1.00 e. The molecule has 0 saturated carbocycles. The second-order valence-electron chi connectivity index (χ2n) is 16.5. The maximum Gasteiger partial charge on any atom is 2.00 e. The summed E-state index contributed by atoms with van der Waals surface area (Å²) in [4.78, 5) is 0. The van der Waals surface area contributed by atoms with Crippen LogP contribution < -0.4 is 48.0 Å². The third-order valence-corrected chi connectivity index (χ3v) is 10.6. The predicted octanol–water partition coefficient (Wildman–Crippen LogP) is 4.79. The Hall–Kier alpha value is 3.35. The minimum Gasteiger partial charge on any atom is -1.00 e. The zero-order valence-electron chi connectivity index (χ0n) is 39.9. The molecule has 336 valence electrons. The molecule has 6 nitrogen and oxygen atoms in total. The van der Waals surface area contributed by atoms with Crippen molar-refractivity contribution >= 4 is 141 Å². The van der Waals surface area contributed by atoms with Gasteiger partial charge in [-0.1, -0.05) is 39.3 Å². The molecule has 61 heavy (non-hydrogen) atoms. The first-order valence-corrected chi connectivity index (χ1v) is 28.6. The van der Waals surface area contributed by atoms with E-state index in [1.165, 1.54) is 99.3 Å². The summed E-state index contributed by atoms with van der Waals surface area (Å²) >= 11 is 0. The summed E-state index contributed by atoms with van der Waals surface area (Å²) < 4.78 is 29.7. The van der Waals surface area contributed by atoms with Crippen LogP contribution in [0.2, 0.25) is 39.3 Å². The fraction of sp³-hybridized carbons (Fsp3) is 0.667. The summed E-state index contributed by atoms with van der Waals surface area (Å²) in [6.07, 6.45) is 15.3. The molecule has 0 amide bonds. The van der Waals surface area contributed by atoms with E-state index in [0.717, 1.165) is 79.3 Å². The molecular weight excluding hydrogens is 1100 g/mol. The van der Waals surface area contributed by atoms with Crippen LogP contribution in [0.5, 0.6) is 0 Å². The molecule has 6 fully saturated rings. The number of hydrogen-bond donors (Lipinski definition) is 0. The summed E-state index contributed by atoms with van der Waals surface area (Å²) in [6.45, 7) is 30.0. The van der Waals surface area contributed by atoms with Crippen LogP contribution in [0.1, 0.15) is 102 Å². The summed E-state index contributed by atoms with van der Waals surface area (Å²) in [5.41, 5.74) is 11.9. The quantitative estimate of drug-likeness (QED) is 0.250. The van der Waals surface area contributed by atoms with Crippen molar-refractivity contribution in [2.75, 3.05) is 79.3 Å². The molecule has 0 aromatic heterocycles. The molecule has 0 bridgehead atoms. The van der Waals surface area contributed by atoms with Gasteiger partial charge in [0.1, 0.15) is 0 Å². The van der Waals surface area contributed by atoms with Crippen molar-refractivity contribution in [1.82, 2.24) is 0 Å². The largest absolute Gasteiger partial charge is 2.00 e. The van der Waals surface area contributed by atoms with E-state index in [-0.39, 0.29) is 161 Å². The molecule has 6 heterocycles. The van der Waals surface area contributed by atoms with Crippen LogP contribution in [0.25, 0.3) is 11.1 Å². The zero-order valence-corrected chi connectivity index (χ0v) is 52.9. The second kappa shape index (κ2) is 51.2. The molecule has 13 heteroatoms. The molecule has 0 unspecified atom stereocenters. The molecule has 2 aromatic carbocycles. The Morgan fingerprint density at radius 1 is 0.393 bits per heavy atom. The minimum atomic E-state index is -1.21. The average molecular weight is 1180 g/mol. The van der Waals surface area contributed by atoms with Crippen LogP contribution in [-0.2, 0) is 28.4 Å². The molecule has 8 rings (SSSR count). The summed E-state index contributed by atoms with van der Waals surface area (Å²) in [5, 5.41) is 0. The SMILES string of the molecule is C1CCOC1.C1CCOC1.C1CCOC1.C1CCOC1.C1CCOC1.C1CCOC1.CC(=[C-][Si](C)(C)C)c1[c-]cccc1.CC(=[C-][Si](C)(C)C)c1[c-]cccc1.[Ca+2].[Ca+2].[Ca+2].[I-].[I-]. The maximum absolute atomic E-state index is 4.94. The molecule has 0 atom stereocenters. The Morgan fingerprint density at radius 2 is 0.590 bits per heavy atom. The third kappa shape index (κ3) is 52.6. The topological polar surface area (TPSA) is 55.4 Å². The van der Waals surface area contributed by atoms with E-state index in [2.05, 4.69) is 88.8 Å². The normalized spacial score (nSPS) is 17.4. The predicted molar refractivity (Wildman–Crippen MR) is 259 cm³/mol. The van der Waals surface area contributed by atoms with Gasteiger partial charge in [-0.2, -0.15) is 24.3 Å². The Labute approximate surface area is 501 Å². The molecule has 6 aliphatic heterocycles. The number of benzene rings is 2. The number of rotatable bonds is 4. The Kier molecular flexibility index (Phi) is 61.6.